The Hall–Kier alpha value is -1.48. The van der Waals surface area contributed by atoms with Crippen LogP contribution in [0.4, 0.5) is 5.82 Å². The Labute approximate surface area is 117 Å². The Bertz CT molecular complexity index is 498. The number of carbonyl (C=O) groups excluding carboxylic acids is 1. The summed E-state index contributed by atoms with van der Waals surface area (Å²) in [4.78, 5) is 24.0. The van der Waals surface area contributed by atoms with Gasteiger partial charge in [-0.05, 0) is 27.8 Å². The van der Waals surface area contributed by atoms with Gasteiger partial charge in [0.25, 0.3) is 0 Å². The monoisotopic (exact) mass is 332 g/mol. The molecule has 2 heterocycles. The topological polar surface area (TPSA) is 90.5 Å². The van der Waals surface area contributed by atoms with Crippen LogP contribution in [0.5, 0.6) is 0 Å². The largest absolute Gasteiger partial charge is 0.404 e. The standard InChI is InChI=1S/C10H13BrN4O4/c1-7(10(16)13-2-4-19-5-3-13)14-6-8(11)9(12-14)15(17)18/h6-7H,2-5H2,1H3. The highest BCUT2D eigenvalue weighted by Gasteiger charge is 2.29. The molecule has 1 saturated heterocycles. The summed E-state index contributed by atoms with van der Waals surface area (Å²) in [6.07, 6.45) is 1.45. The Balaban J connectivity index is 2.14. The van der Waals surface area contributed by atoms with Gasteiger partial charge in [-0.3, -0.25) is 4.79 Å². The van der Waals surface area contributed by atoms with Crippen molar-refractivity contribution in [1.29, 1.82) is 0 Å². The molecule has 0 radical (unpaired) electrons. The molecule has 2 rings (SSSR count). The SMILES string of the molecule is CC(C(=O)N1CCOCC1)n1cc(Br)c([N+](=O)[O-])n1. The molecular formula is C10H13BrN4O4. The van der Waals surface area contributed by atoms with Gasteiger partial charge >= 0.3 is 5.82 Å². The molecule has 9 heteroatoms. The summed E-state index contributed by atoms with van der Waals surface area (Å²) >= 11 is 3.06. The van der Waals surface area contributed by atoms with Crippen LogP contribution in [-0.4, -0.2) is 51.8 Å². The molecule has 8 nitrogen and oxygen atoms in total. The molecule has 1 unspecified atom stereocenters. The maximum atomic E-state index is 12.2. The zero-order chi connectivity index (χ0) is 14.0. The molecule has 1 aliphatic rings. The van der Waals surface area contributed by atoms with Gasteiger partial charge in [0.2, 0.25) is 5.91 Å². The molecule has 1 amide bonds. The second kappa shape index (κ2) is 5.66. The molecule has 0 saturated carbocycles. The lowest BCUT2D eigenvalue weighted by Gasteiger charge is -2.28. The van der Waals surface area contributed by atoms with Gasteiger partial charge in [0, 0.05) is 13.1 Å². The van der Waals surface area contributed by atoms with Gasteiger partial charge in [0.15, 0.2) is 0 Å². The highest BCUT2D eigenvalue weighted by Crippen LogP contribution is 2.24. The van der Waals surface area contributed by atoms with Crippen LogP contribution < -0.4 is 0 Å². The predicted molar refractivity (Wildman–Crippen MR) is 68.7 cm³/mol. The normalized spacial score (nSPS) is 17.3. The number of nitro groups is 1. The number of ether oxygens (including phenoxy) is 1. The van der Waals surface area contributed by atoms with Gasteiger partial charge < -0.3 is 19.8 Å². The fraction of sp³-hybridized carbons (Fsp3) is 0.600. The van der Waals surface area contributed by atoms with Crippen molar-refractivity contribution in [3.05, 3.63) is 20.8 Å². The summed E-state index contributed by atoms with van der Waals surface area (Å²) < 4.78 is 6.75. The molecule has 1 aromatic heterocycles. The van der Waals surface area contributed by atoms with E-state index in [1.54, 1.807) is 11.8 Å². The fourth-order valence-electron chi connectivity index (χ4n) is 1.84. The lowest BCUT2D eigenvalue weighted by Crippen LogP contribution is -2.43. The first-order valence-corrected chi connectivity index (χ1v) is 6.55. The van der Waals surface area contributed by atoms with Crippen LogP contribution in [-0.2, 0) is 9.53 Å². The van der Waals surface area contributed by atoms with Gasteiger partial charge in [0.05, 0.1) is 24.5 Å². The van der Waals surface area contributed by atoms with Crippen molar-refractivity contribution in [1.82, 2.24) is 14.7 Å². The van der Waals surface area contributed by atoms with Crippen molar-refractivity contribution < 1.29 is 14.5 Å². The van der Waals surface area contributed by atoms with Crippen molar-refractivity contribution in [3.63, 3.8) is 0 Å². The van der Waals surface area contributed by atoms with E-state index in [1.807, 2.05) is 0 Å². The quantitative estimate of drug-likeness (QED) is 0.607. The number of nitrogens with zero attached hydrogens (tertiary/aromatic N) is 4. The van der Waals surface area contributed by atoms with E-state index in [4.69, 9.17) is 4.74 Å². The molecule has 1 aromatic rings. The highest BCUT2D eigenvalue weighted by atomic mass is 79.9. The van der Waals surface area contributed by atoms with Crippen LogP contribution in [0.3, 0.4) is 0 Å². The average Bonchev–Trinajstić information content (AvgIpc) is 2.80. The van der Waals surface area contributed by atoms with Crippen molar-refractivity contribution >= 4 is 27.7 Å². The van der Waals surface area contributed by atoms with Crippen molar-refractivity contribution in [2.24, 2.45) is 0 Å². The van der Waals surface area contributed by atoms with Gasteiger partial charge in [-0.1, -0.05) is 0 Å². The van der Waals surface area contributed by atoms with E-state index < -0.39 is 11.0 Å². The van der Waals surface area contributed by atoms with Crippen LogP contribution in [0.15, 0.2) is 10.7 Å². The number of amides is 1. The minimum absolute atomic E-state index is 0.117. The van der Waals surface area contributed by atoms with Crippen LogP contribution in [0.1, 0.15) is 13.0 Å². The molecule has 104 valence electrons. The van der Waals surface area contributed by atoms with E-state index in [0.717, 1.165) is 0 Å². The molecule has 1 fully saturated rings. The van der Waals surface area contributed by atoms with Crippen LogP contribution >= 0.6 is 15.9 Å². The second-order valence-corrected chi connectivity index (χ2v) is 5.01. The number of hydrogen-bond donors (Lipinski definition) is 0. The molecule has 0 aromatic carbocycles. The van der Waals surface area contributed by atoms with Crippen molar-refractivity contribution in [2.45, 2.75) is 13.0 Å². The molecule has 0 N–H and O–H groups in total. The highest BCUT2D eigenvalue weighted by molar-refractivity contribution is 9.10. The molecule has 0 aliphatic carbocycles. The third kappa shape index (κ3) is 2.92. The number of carbonyl (C=O) groups is 1. The Morgan fingerprint density at radius 2 is 2.21 bits per heavy atom. The first-order valence-electron chi connectivity index (χ1n) is 5.76. The van der Waals surface area contributed by atoms with Gasteiger partial charge in [-0.25, -0.2) is 0 Å². The van der Waals surface area contributed by atoms with E-state index >= 15 is 0 Å². The first kappa shape index (κ1) is 13.9. The van der Waals surface area contributed by atoms with E-state index in [0.29, 0.717) is 26.3 Å². The molecule has 1 atom stereocenters. The zero-order valence-corrected chi connectivity index (χ0v) is 11.9. The molecule has 0 spiro atoms. The van der Waals surface area contributed by atoms with E-state index in [-0.39, 0.29) is 16.2 Å². The predicted octanol–water partition coefficient (Wildman–Crippen LogP) is 0.974. The summed E-state index contributed by atoms with van der Waals surface area (Å²) in [5.74, 6) is -0.408. The van der Waals surface area contributed by atoms with E-state index in [9.17, 15) is 14.9 Å². The third-order valence-corrected chi connectivity index (χ3v) is 3.48. The summed E-state index contributed by atoms with van der Waals surface area (Å²) in [5.41, 5.74) is 0. The lowest BCUT2D eigenvalue weighted by atomic mass is 10.2. The molecule has 0 bridgehead atoms. The Morgan fingerprint density at radius 1 is 1.58 bits per heavy atom. The summed E-state index contributed by atoms with van der Waals surface area (Å²) in [6.45, 7) is 3.77. The zero-order valence-electron chi connectivity index (χ0n) is 10.3. The third-order valence-electron chi connectivity index (χ3n) is 2.92. The number of halogens is 1. The molecule has 1 aliphatic heterocycles. The number of hydrogen-bond acceptors (Lipinski definition) is 5. The Morgan fingerprint density at radius 3 is 2.74 bits per heavy atom. The lowest BCUT2D eigenvalue weighted by molar-refractivity contribution is -0.390. The summed E-state index contributed by atoms with van der Waals surface area (Å²) in [5, 5.41) is 14.5. The van der Waals surface area contributed by atoms with Crippen molar-refractivity contribution in [2.75, 3.05) is 26.3 Å². The van der Waals surface area contributed by atoms with Gasteiger partial charge in [0.1, 0.15) is 10.5 Å². The summed E-state index contributed by atoms with van der Waals surface area (Å²) in [6, 6.07) is -0.580. The van der Waals surface area contributed by atoms with Crippen molar-refractivity contribution in [3.8, 4) is 0 Å². The Kier molecular flexibility index (Phi) is 4.15. The smallest absolute Gasteiger partial charge is 0.378 e. The van der Waals surface area contributed by atoms with Crippen LogP contribution in [0.25, 0.3) is 0 Å². The number of aromatic nitrogens is 2. The number of morpholine rings is 1. The van der Waals surface area contributed by atoms with Gasteiger partial charge in [-0.2, -0.15) is 4.68 Å². The number of rotatable bonds is 3. The average molecular weight is 333 g/mol. The van der Waals surface area contributed by atoms with Gasteiger partial charge in [-0.15, -0.1) is 0 Å². The first-order chi connectivity index (χ1) is 9.00. The second-order valence-electron chi connectivity index (χ2n) is 4.15. The molecule has 19 heavy (non-hydrogen) atoms. The maximum Gasteiger partial charge on any atom is 0.404 e. The summed E-state index contributed by atoms with van der Waals surface area (Å²) in [7, 11) is 0. The maximum absolute atomic E-state index is 12.2. The van der Waals surface area contributed by atoms with Crippen LogP contribution in [0.2, 0.25) is 0 Å². The van der Waals surface area contributed by atoms with Crippen LogP contribution in [0, 0.1) is 10.1 Å². The minimum atomic E-state index is -0.591. The van der Waals surface area contributed by atoms with E-state index in [1.165, 1.54) is 10.9 Å². The molecular weight excluding hydrogens is 320 g/mol. The minimum Gasteiger partial charge on any atom is -0.378 e. The van der Waals surface area contributed by atoms with E-state index in [2.05, 4.69) is 21.0 Å². The fourth-order valence-corrected chi connectivity index (χ4v) is 2.28.